The lowest BCUT2D eigenvalue weighted by Crippen LogP contribution is -2.20. The number of rotatable bonds is 5. The molecule has 3 aromatic rings. The minimum atomic E-state index is -0.289. The fourth-order valence-electron chi connectivity index (χ4n) is 2.16. The van der Waals surface area contributed by atoms with Crippen molar-refractivity contribution in [2.45, 2.75) is 6.92 Å². The summed E-state index contributed by atoms with van der Waals surface area (Å²) in [4.78, 5) is 33.1. The maximum atomic E-state index is 12.1. The number of ketones is 1. The fourth-order valence-corrected chi connectivity index (χ4v) is 3.04. The van der Waals surface area contributed by atoms with E-state index in [0.717, 1.165) is 17.9 Å². The number of aromatic amines is 1. The fraction of sp³-hybridized carbons (Fsp3) is 0.167. The number of aromatic nitrogens is 2. The van der Waals surface area contributed by atoms with Crippen LogP contribution in [0.5, 0.6) is 0 Å². The van der Waals surface area contributed by atoms with Crippen LogP contribution in [0, 0.1) is 0 Å². The Labute approximate surface area is 147 Å². The van der Waals surface area contributed by atoms with Gasteiger partial charge in [0.1, 0.15) is 5.82 Å². The lowest BCUT2D eigenvalue weighted by Gasteiger charge is -2.14. The van der Waals surface area contributed by atoms with Crippen molar-refractivity contribution in [1.29, 1.82) is 0 Å². The largest absolute Gasteiger partial charge is 0.461 e. The van der Waals surface area contributed by atoms with Crippen molar-refractivity contribution in [3.05, 3.63) is 67.6 Å². The number of carbonyl (C=O) groups is 1. The Balaban J connectivity index is 1.91. The highest BCUT2D eigenvalue weighted by atomic mass is 32.1. The standard InChI is InChI=1S/C18H17N3O3S/c1-3-21(2)16-7-6-12(11-19-16)9-15-18(23)20-17(25-15)10-13(22)14-5-4-8-24-14/h4-11H,3H2,1-2H3,(H,20,23)/b15-9+,17-10-. The molecule has 0 unspecified atom stereocenters. The number of H-pyrrole nitrogens is 1. The van der Waals surface area contributed by atoms with E-state index in [9.17, 15) is 9.59 Å². The highest BCUT2D eigenvalue weighted by molar-refractivity contribution is 7.07. The molecule has 3 aromatic heterocycles. The van der Waals surface area contributed by atoms with E-state index in [4.69, 9.17) is 4.42 Å². The number of hydrogen-bond donors (Lipinski definition) is 1. The maximum Gasteiger partial charge on any atom is 0.266 e. The van der Waals surface area contributed by atoms with Crippen molar-refractivity contribution < 1.29 is 9.21 Å². The summed E-state index contributed by atoms with van der Waals surface area (Å²) in [5.41, 5.74) is 0.586. The second kappa shape index (κ2) is 7.31. The molecule has 7 heteroatoms. The number of furan rings is 1. The van der Waals surface area contributed by atoms with Gasteiger partial charge in [-0.1, -0.05) is 0 Å². The zero-order valence-electron chi connectivity index (χ0n) is 13.9. The molecule has 0 aromatic carbocycles. The number of nitrogens with zero attached hydrogens (tertiary/aromatic N) is 2. The van der Waals surface area contributed by atoms with E-state index in [2.05, 4.69) is 16.9 Å². The second-order valence-corrected chi connectivity index (χ2v) is 6.46. The Kier molecular flexibility index (Phi) is 4.95. The first-order chi connectivity index (χ1) is 12.1. The zero-order valence-corrected chi connectivity index (χ0v) is 14.7. The van der Waals surface area contributed by atoms with Gasteiger partial charge in [0, 0.05) is 25.9 Å². The van der Waals surface area contributed by atoms with Crippen LogP contribution in [-0.4, -0.2) is 29.3 Å². The van der Waals surface area contributed by atoms with Crippen molar-refractivity contribution in [2.24, 2.45) is 0 Å². The van der Waals surface area contributed by atoms with E-state index >= 15 is 0 Å². The van der Waals surface area contributed by atoms with Crippen molar-refractivity contribution in [3.63, 3.8) is 0 Å². The third-order valence-electron chi connectivity index (χ3n) is 3.64. The van der Waals surface area contributed by atoms with Gasteiger partial charge < -0.3 is 14.3 Å². The second-order valence-electron chi connectivity index (χ2n) is 5.38. The smallest absolute Gasteiger partial charge is 0.266 e. The Morgan fingerprint density at radius 3 is 2.88 bits per heavy atom. The molecule has 128 valence electrons. The molecule has 1 N–H and O–H groups in total. The summed E-state index contributed by atoms with van der Waals surface area (Å²) in [7, 11) is 1.97. The quantitative estimate of drug-likeness (QED) is 0.700. The van der Waals surface area contributed by atoms with E-state index in [0.29, 0.717) is 9.20 Å². The minimum Gasteiger partial charge on any atom is -0.461 e. The molecule has 6 nitrogen and oxygen atoms in total. The van der Waals surface area contributed by atoms with Crippen LogP contribution in [0.15, 0.2) is 45.9 Å². The summed E-state index contributed by atoms with van der Waals surface area (Å²) in [6.07, 6.45) is 6.27. The van der Waals surface area contributed by atoms with Gasteiger partial charge in [-0.15, -0.1) is 11.3 Å². The van der Waals surface area contributed by atoms with E-state index in [-0.39, 0.29) is 17.1 Å². The molecule has 0 spiro atoms. The lowest BCUT2D eigenvalue weighted by atomic mass is 10.2. The van der Waals surface area contributed by atoms with Gasteiger partial charge in [-0.25, -0.2) is 4.98 Å². The molecule has 3 rings (SSSR count). The van der Waals surface area contributed by atoms with Gasteiger partial charge in [0.2, 0.25) is 5.78 Å². The molecule has 0 fully saturated rings. The Bertz CT molecular complexity index is 1030. The first-order valence-corrected chi connectivity index (χ1v) is 8.56. The summed E-state index contributed by atoms with van der Waals surface area (Å²) < 4.78 is 6.04. The summed E-state index contributed by atoms with van der Waals surface area (Å²) in [5.74, 6) is 0.820. The van der Waals surface area contributed by atoms with Crippen molar-refractivity contribution in [1.82, 2.24) is 9.97 Å². The van der Waals surface area contributed by atoms with Crippen LogP contribution in [0.1, 0.15) is 23.0 Å². The lowest BCUT2D eigenvalue weighted by molar-refractivity contribution is 0.103. The predicted octanol–water partition coefficient (Wildman–Crippen LogP) is 1.37. The Morgan fingerprint density at radius 2 is 2.24 bits per heavy atom. The molecular formula is C18H17N3O3S. The van der Waals surface area contributed by atoms with Crippen LogP contribution in [0.4, 0.5) is 5.82 Å². The molecule has 0 saturated heterocycles. The molecular weight excluding hydrogens is 338 g/mol. The summed E-state index contributed by atoms with van der Waals surface area (Å²) in [5, 5.41) is 0. The van der Waals surface area contributed by atoms with Crippen LogP contribution in [0.3, 0.4) is 0 Å². The van der Waals surface area contributed by atoms with Crippen LogP contribution in [0.2, 0.25) is 0 Å². The van der Waals surface area contributed by atoms with Crippen molar-refractivity contribution >= 4 is 35.1 Å². The van der Waals surface area contributed by atoms with Gasteiger partial charge in [0.05, 0.1) is 15.5 Å². The highest BCUT2D eigenvalue weighted by Gasteiger charge is 2.05. The Hall–Kier alpha value is -2.93. The number of anilines is 1. The topological polar surface area (TPSA) is 79.2 Å². The molecule has 0 radical (unpaired) electrons. The SMILES string of the molecule is CCN(C)c1ccc(/C=c2/s/c(=C\C(=O)c3ccco3)[nH]c2=O)cn1. The van der Waals surface area contributed by atoms with Gasteiger partial charge in [0.25, 0.3) is 5.56 Å². The number of hydrogen-bond acceptors (Lipinski definition) is 6. The highest BCUT2D eigenvalue weighted by Crippen LogP contribution is 2.09. The number of Topliss-reactive ketones (excluding diaryl/α,β-unsaturated/α-hetero) is 1. The first-order valence-electron chi connectivity index (χ1n) is 7.74. The number of carbonyl (C=O) groups excluding carboxylic acids is 1. The summed E-state index contributed by atoms with van der Waals surface area (Å²) in [6, 6.07) is 7.04. The number of pyridine rings is 1. The third-order valence-corrected chi connectivity index (χ3v) is 4.60. The van der Waals surface area contributed by atoms with E-state index in [1.165, 1.54) is 23.7 Å². The van der Waals surface area contributed by atoms with Crippen LogP contribution in [0.25, 0.3) is 12.2 Å². The van der Waals surface area contributed by atoms with E-state index in [1.54, 1.807) is 24.4 Å². The molecule has 3 heterocycles. The Morgan fingerprint density at radius 1 is 1.40 bits per heavy atom. The first kappa shape index (κ1) is 16.9. The van der Waals surface area contributed by atoms with Gasteiger partial charge in [-0.3, -0.25) is 9.59 Å². The average molecular weight is 355 g/mol. The van der Waals surface area contributed by atoms with Crippen LogP contribution >= 0.6 is 11.3 Å². The number of nitrogens with one attached hydrogen (secondary N) is 1. The summed E-state index contributed by atoms with van der Waals surface area (Å²) >= 11 is 1.22. The molecule has 0 atom stereocenters. The van der Waals surface area contributed by atoms with Gasteiger partial charge in [-0.2, -0.15) is 0 Å². The molecule has 25 heavy (non-hydrogen) atoms. The van der Waals surface area contributed by atoms with Gasteiger partial charge >= 0.3 is 0 Å². The average Bonchev–Trinajstić information content (AvgIpc) is 3.25. The normalized spacial score (nSPS) is 12.6. The predicted molar refractivity (Wildman–Crippen MR) is 98.4 cm³/mol. The third kappa shape index (κ3) is 3.95. The van der Waals surface area contributed by atoms with E-state index < -0.39 is 0 Å². The number of thiazole rings is 1. The van der Waals surface area contributed by atoms with Crippen LogP contribution < -0.4 is 19.7 Å². The van der Waals surface area contributed by atoms with Crippen molar-refractivity contribution in [2.75, 3.05) is 18.5 Å². The maximum absolute atomic E-state index is 12.1. The molecule has 0 saturated carbocycles. The van der Waals surface area contributed by atoms with E-state index in [1.807, 2.05) is 24.1 Å². The van der Waals surface area contributed by atoms with Crippen LogP contribution in [-0.2, 0) is 0 Å². The van der Waals surface area contributed by atoms with Gasteiger partial charge in [0.15, 0.2) is 5.76 Å². The molecule has 0 aliphatic rings. The molecule has 0 aliphatic heterocycles. The molecule has 0 aliphatic carbocycles. The van der Waals surface area contributed by atoms with Gasteiger partial charge in [-0.05, 0) is 42.8 Å². The van der Waals surface area contributed by atoms with Crippen molar-refractivity contribution in [3.8, 4) is 0 Å². The monoisotopic (exact) mass is 355 g/mol. The summed E-state index contributed by atoms with van der Waals surface area (Å²) in [6.45, 7) is 2.92. The molecule has 0 bridgehead atoms. The zero-order chi connectivity index (χ0) is 17.8. The molecule has 0 amide bonds. The minimum absolute atomic E-state index is 0.236.